The lowest BCUT2D eigenvalue weighted by Gasteiger charge is -2.01. The molecule has 0 aliphatic heterocycles. The van der Waals surface area contributed by atoms with Gasteiger partial charge in [0.15, 0.2) is 0 Å². The van der Waals surface area contributed by atoms with Crippen LogP contribution in [0, 0.1) is 0 Å². The van der Waals surface area contributed by atoms with E-state index in [9.17, 15) is 0 Å². The highest BCUT2D eigenvalue weighted by Crippen LogP contribution is 2.24. The van der Waals surface area contributed by atoms with Gasteiger partial charge in [0.2, 0.25) is 0 Å². The van der Waals surface area contributed by atoms with Crippen LogP contribution in [0.4, 0.5) is 5.69 Å². The van der Waals surface area contributed by atoms with Crippen molar-refractivity contribution < 1.29 is 4.74 Å². The highest BCUT2D eigenvalue weighted by Gasteiger charge is 2.05. The maximum atomic E-state index is 5.69. The molecular weight excluding hydrogens is 250 g/mol. The van der Waals surface area contributed by atoms with Gasteiger partial charge in [-0.05, 0) is 54.1 Å². The molecule has 0 aliphatic carbocycles. The Bertz CT molecular complexity index is 699. The maximum Gasteiger partial charge on any atom is 0.137 e. The average Bonchev–Trinajstić information content (AvgIpc) is 2.98. The zero-order valence-electron chi connectivity index (χ0n) is 11.1. The smallest absolute Gasteiger partial charge is 0.137 e. The van der Waals surface area contributed by atoms with Crippen LogP contribution in [-0.4, -0.2) is 17.1 Å². The van der Waals surface area contributed by atoms with E-state index in [1.807, 2.05) is 54.7 Å². The van der Waals surface area contributed by atoms with Gasteiger partial charge < -0.3 is 15.5 Å². The summed E-state index contributed by atoms with van der Waals surface area (Å²) in [6.07, 6.45) is 1.83. The van der Waals surface area contributed by atoms with Crippen LogP contribution in [0.1, 0.15) is 0 Å². The summed E-state index contributed by atoms with van der Waals surface area (Å²) in [5.41, 5.74) is 9.49. The number of nitrogen functional groups attached to an aromatic ring is 1. The molecule has 3 N–H and O–H groups in total. The zero-order chi connectivity index (χ0) is 13.9. The Morgan fingerprint density at radius 1 is 0.950 bits per heavy atom. The number of nitrogens with two attached hydrogens (primary N) is 1. The second kappa shape index (κ2) is 5.09. The first-order chi connectivity index (χ1) is 9.76. The number of benzene rings is 2. The summed E-state index contributed by atoms with van der Waals surface area (Å²) in [6.45, 7) is 0. The van der Waals surface area contributed by atoms with E-state index in [1.165, 1.54) is 0 Å². The van der Waals surface area contributed by atoms with E-state index in [1.54, 1.807) is 7.11 Å². The Balaban J connectivity index is 1.91. The maximum absolute atomic E-state index is 5.69. The van der Waals surface area contributed by atoms with Crippen molar-refractivity contribution in [3.05, 3.63) is 54.7 Å². The molecule has 0 saturated carbocycles. The summed E-state index contributed by atoms with van der Waals surface area (Å²) in [5, 5.41) is 0. The van der Waals surface area contributed by atoms with Crippen molar-refractivity contribution in [2.45, 2.75) is 0 Å². The highest BCUT2D eigenvalue weighted by atomic mass is 16.5. The molecule has 100 valence electrons. The average molecular weight is 265 g/mol. The number of rotatable bonds is 3. The van der Waals surface area contributed by atoms with Crippen LogP contribution in [0.3, 0.4) is 0 Å². The van der Waals surface area contributed by atoms with Crippen LogP contribution in [-0.2, 0) is 0 Å². The van der Waals surface area contributed by atoms with Gasteiger partial charge in [-0.15, -0.1) is 0 Å². The number of H-pyrrole nitrogens is 1. The number of nitrogens with zero attached hydrogens (tertiary/aromatic N) is 1. The lowest BCUT2D eigenvalue weighted by molar-refractivity contribution is 0.415. The minimum absolute atomic E-state index is 0.746. The summed E-state index contributed by atoms with van der Waals surface area (Å²) in [5.74, 6) is 1.67. The van der Waals surface area contributed by atoms with Crippen LogP contribution in [0.2, 0.25) is 0 Å². The standard InChI is InChI=1S/C16H15N3O/c1-20-14-8-4-11(5-9-14)15-10-18-16(19-15)12-2-6-13(17)7-3-12/h2-10H,17H2,1H3,(H,18,19). The first-order valence-electron chi connectivity index (χ1n) is 6.31. The van der Waals surface area contributed by atoms with Gasteiger partial charge in [-0.3, -0.25) is 0 Å². The highest BCUT2D eigenvalue weighted by molar-refractivity contribution is 5.65. The SMILES string of the molecule is COc1ccc(-c2cnc(-c3ccc(N)cc3)[nH]2)cc1. The van der Waals surface area contributed by atoms with Crippen molar-refractivity contribution in [1.82, 2.24) is 9.97 Å². The molecule has 0 amide bonds. The van der Waals surface area contributed by atoms with Crippen molar-refractivity contribution >= 4 is 5.69 Å². The van der Waals surface area contributed by atoms with E-state index in [0.717, 1.165) is 34.1 Å². The molecule has 2 aromatic carbocycles. The minimum atomic E-state index is 0.746. The lowest BCUT2D eigenvalue weighted by atomic mass is 10.1. The van der Waals surface area contributed by atoms with Crippen LogP contribution >= 0.6 is 0 Å². The first kappa shape index (κ1) is 12.3. The molecule has 0 fully saturated rings. The number of aromatic amines is 1. The number of hydrogen-bond acceptors (Lipinski definition) is 3. The monoisotopic (exact) mass is 265 g/mol. The number of imidazole rings is 1. The molecule has 3 aromatic rings. The quantitative estimate of drug-likeness (QED) is 0.714. The Hall–Kier alpha value is -2.75. The fourth-order valence-electron chi connectivity index (χ4n) is 2.03. The molecule has 0 radical (unpaired) electrons. The van der Waals surface area contributed by atoms with Crippen molar-refractivity contribution in [3.8, 4) is 28.4 Å². The number of ether oxygens (including phenoxy) is 1. The van der Waals surface area contributed by atoms with E-state index in [0.29, 0.717) is 0 Å². The molecule has 0 saturated heterocycles. The second-order valence-corrected chi connectivity index (χ2v) is 4.50. The summed E-state index contributed by atoms with van der Waals surface area (Å²) in [7, 11) is 1.66. The van der Waals surface area contributed by atoms with Crippen molar-refractivity contribution in [3.63, 3.8) is 0 Å². The van der Waals surface area contributed by atoms with Gasteiger partial charge in [0.05, 0.1) is 19.0 Å². The third-order valence-electron chi connectivity index (χ3n) is 3.16. The third kappa shape index (κ3) is 2.36. The Morgan fingerprint density at radius 2 is 1.60 bits per heavy atom. The molecule has 4 nitrogen and oxygen atoms in total. The van der Waals surface area contributed by atoms with E-state index in [2.05, 4.69) is 9.97 Å². The van der Waals surface area contributed by atoms with Gasteiger partial charge in [-0.25, -0.2) is 4.98 Å². The summed E-state index contributed by atoms with van der Waals surface area (Å²) in [4.78, 5) is 7.72. The van der Waals surface area contributed by atoms with Crippen LogP contribution in [0.25, 0.3) is 22.6 Å². The molecule has 0 unspecified atom stereocenters. The van der Waals surface area contributed by atoms with Crippen LogP contribution in [0.15, 0.2) is 54.7 Å². The normalized spacial score (nSPS) is 10.4. The van der Waals surface area contributed by atoms with E-state index >= 15 is 0 Å². The van der Waals surface area contributed by atoms with E-state index < -0.39 is 0 Å². The lowest BCUT2D eigenvalue weighted by Crippen LogP contribution is -1.85. The van der Waals surface area contributed by atoms with Crippen molar-refractivity contribution in [1.29, 1.82) is 0 Å². The van der Waals surface area contributed by atoms with Crippen LogP contribution in [0.5, 0.6) is 5.75 Å². The fraction of sp³-hybridized carbons (Fsp3) is 0.0625. The molecule has 3 rings (SSSR count). The summed E-state index contributed by atoms with van der Waals surface area (Å²) < 4.78 is 5.15. The fourth-order valence-corrected chi connectivity index (χ4v) is 2.03. The Labute approximate surface area is 117 Å². The number of nitrogens with one attached hydrogen (secondary N) is 1. The van der Waals surface area contributed by atoms with E-state index in [-0.39, 0.29) is 0 Å². The Kier molecular flexibility index (Phi) is 3.13. The van der Waals surface area contributed by atoms with Crippen molar-refractivity contribution in [2.24, 2.45) is 0 Å². The molecule has 1 aromatic heterocycles. The Morgan fingerprint density at radius 3 is 2.25 bits per heavy atom. The van der Waals surface area contributed by atoms with Crippen LogP contribution < -0.4 is 10.5 Å². The topological polar surface area (TPSA) is 63.9 Å². The predicted molar refractivity (Wildman–Crippen MR) is 80.4 cm³/mol. The summed E-state index contributed by atoms with van der Waals surface area (Å²) >= 11 is 0. The molecule has 0 atom stereocenters. The molecule has 4 heteroatoms. The molecule has 20 heavy (non-hydrogen) atoms. The number of methoxy groups -OCH3 is 1. The largest absolute Gasteiger partial charge is 0.497 e. The van der Waals surface area contributed by atoms with Gasteiger partial charge in [-0.1, -0.05) is 0 Å². The third-order valence-corrected chi connectivity index (χ3v) is 3.16. The van der Waals surface area contributed by atoms with Gasteiger partial charge >= 0.3 is 0 Å². The number of hydrogen-bond donors (Lipinski definition) is 2. The van der Waals surface area contributed by atoms with Gasteiger partial charge in [-0.2, -0.15) is 0 Å². The molecule has 0 spiro atoms. The number of aromatic nitrogens is 2. The van der Waals surface area contributed by atoms with Gasteiger partial charge in [0, 0.05) is 11.3 Å². The zero-order valence-corrected chi connectivity index (χ0v) is 11.1. The second-order valence-electron chi connectivity index (χ2n) is 4.50. The predicted octanol–water partition coefficient (Wildman–Crippen LogP) is 3.33. The molecule has 0 aliphatic rings. The van der Waals surface area contributed by atoms with Gasteiger partial charge in [0.25, 0.3) is 0 Å². The van der Waals surface area contributed by atoms with Gasteiger partial charge in [0.1, 0.15) is 11.6 Å². The first-order valence-corrected chi connectivity index (χ1v) is 6.31. The minimum Gasteiger partial charge on any atom is -0.497 e. The number of anilines is 1. The molecular formula is C16H15N3O. The van der Waals surface area contributed by atoms with Crippen molar-refractivity contribution in [2.75, 3.05) is 12.8 Å². The molecule has 1 heterocycles. The van der Waals surface area contributed by atoms with E-state index in [4.69, 9.17) is 10.5 Å². The molecule has 0 bridgehead atoms. The summed E-state index contributed by atoms with van der Waals surface area (Å²) in [6, 6.07) is 15.5.